The van der Waals surface area contributed by atoms with Crippen molar-refractivity contribution >= 4 is 33.2 Å². The molecular weight excluding hydrogens is 400 g/mol. The standard InChI is InChI=1S/C31H24N2/c1-33(25-12-6-3-7-13-25)31-19-17-24(20-27(31)22-10-4-2-5-11-22)23-16-18-30-28(21-23)26-14-8-9-15-29(26)32-30/h2-21,32H,1H3. The number of aromatic nitrogens is 1. The Kier molecular flexibility index (Phi) is 4.70. The third-order valence-electron chi connectivity index (χ3n) is 6.43. The van der Waals surface area contributed by atoms with E-state index in [2.05, 4.69) is 138 Å². The number of anilines is 2. The van der Waals surface area contributed by atoms with Gasteiger partial charge < -0.3 is 9.88 Å². The minimum atomic E-state index is 1.17. The number of para-hydroxylation sites is 2. The summed E-state index contributed by atoms with van der Waals surface area (Å²) in [6.45, 7) is 0. The highest BCUT2D eigenvalue weighted by Gasteiger charge is 2.13. The topological polar surface area (TPSA) is 19.0 Å². The molecule has 0 aliphatic carbocycles. The van der Waals surface area contributed by atoms with E-state index in [4.69, 9.17) is 0 Å². The minimum absolute atomic E-state index is 1.17. The number of nitrogens with zero attached hydrogens (tertiary/aromatic N) is 1. The Bertz CT molecular complexity index is 1560. The highest BCUT2D eigenvalue weighted by Crippen LogP contribution is 2.38. The zero-order valence-corrected chi connectivity index (χ0v) is 18.5. The van der Waals surface area contributed by atoms with Crippen LogP contribution in [-0.2, 0) is 0 Å². The molecule has 0 atom stereocenters. The summed E-state index contributed by atoms with van der Waals surface area (Å²) < 4.78 is 0. The normalized spacial score (nSPS) is 11.2. The number of rotatable bonds is 4. The molecule has 1 N–H and O–H groups in total. The SMILES string of the molecule is CN(c1ccccc1)c1ccc(-c2ccc3[nH]c4ccccc4c3c2)cc1-c1ccccc1. The third-order valence-corrected chi connectivity index (χ3v) is 6.43. The van der Waals surface area contributed by atoms with Gasteiger partial charge in [0.1, 0.15) is 0 Å². The highest BCUT2D eigenvalue weighted by atomic mass is 15.1. The van der Waals surface area contributed by atoms with E-state index in [1.807, 2.05) is 0 Å². The molecule has 0 fully saturated rings. The van der Waals surface area contributed by atoms with Crippen molar-refractivity contribution in [3.8, 4) is 22.3 Å². The van der Waals surface area contributed by atoms with E-state index in [9.17, 15) is 0 Å². The summed E-state index contributed by atoms with van der Waals surface area (Å²) in [4.78, 5) is 5.79. The van der Waals surface area contributed by atoms with Gasteiger partial charge in [0.15, 0.2) is 0 Å². The van der Waals surface area contributed by atoms with Gasteiger partial charge in [0.25, 0.3) is 0 Å². The van der Waals surface area contributed by atoms with Gasteiger partial charge in [-0.1, -0.05) is 78.9 Å². The maximum absolute atomic E-state index is 3.53. The Morgan fingerprint density at radius 1 is 0.515 bits per heavy atom. The summed E-state index contributed by atoms with van der Waals surface area (Å²) in [5, 5.41) is 2.52. The van der Waals surface area contributed by atoms with Crippen LogP contribution in [0.15, 0.2) is 121 Å². The second-order valence-electron chi connectivity index (χ2n) is 8.42. The predicted molar refractivity (Wildman–Crippen MR) is 141 cm³/mol. The third kappa shape index (κ3) is 3.46. The van der Waals surface area contributed by atoms with Crippen LogP contribution in [0.25, 0.3) is 44.1 Å². The fraction of sp³-hybridized carbons (Fsp3) is 0.0323. The molecule has 1 heterocycles. The Morgan fingerprint density at radius 3 is 1.97 bits per heavy atom. The summed E-state index contributed by atoms with van der Waals surface area (Å²) >= 11 is 0. The lowest BCUT2D eigenvalue weighted by atomic mass is 9.96. The van der Waals surface area contributed by atoms with E-state index in [-0.39, 0.29) is 0 Å². The van der Waals surface area contributed by atoms with E-state index < -0.39 is 0 Å². The molecule has 2 heteroatoms. The molecule has 6 rings (SSSR count). The monoisotopic (exact) mass is 424 g/mol. The summed E-state index contributed by atoms with van der Waals surface area (Å²) in [5.41, 5.74) is 9.57. The molecule has 5 aromatic carbocycles. The first-order valence-corrected chi connectivity index (χ1v) is 11.3. The largest absolute Gasteiger partial charge is 0.355 e. The number of hydrogen-bond acceptors (Lipinski definition) is 1. The lowest BCUT2D eigenvalue weighted by molar-refractivity contribution is 1.21. The maximum atomic E-state index is 3.53. The Morgan fingerprint density at radius 2 is 1.15 bits per heavy atom. The number of benzene rings is 5. The van der Waals surface area contributed by atoms with Crippen LogP contribution in [0, 0.1) is 0 Å². The van der Waals surface area contributed by atoms with Crippen molar-refractivity contribution < 1.29 is 0 Å². The van der Waals surface area contributed by atoms with Crippen LogP contribution in [-0.4, -0.2) is 12.0 Å². The van der Waals surface area contributed by atoms with E-state index in [0.717, 1.165) is 0 Å². The van der Waals surface area contributed by atoms with Crippen LogP contribution in [0.1, 0.15) is 0 Å². The van der Waals surface area contributed by atoms with Gasteiger partial charge in [-0.15, -0.1) is 0 Å². The lowest BCUT2D eigenvalue weighted by Gasteiger charge is -2.24. The van der Waals surface area contributed by atoms with Crippen molar-refractivity contribution in [2.24, 2.45) is 0 Å². The lowest BCUT2D eigenvalue weighted by Crippen LogP contribution is -2.10. The van der Waals surface area contributed by atoms with Gasteiger partial charge in [0, 0.05) is 45.8 Å². The number of nitrogens with one attached hydrogen (secondary N) is 1. The average Bonchev–Trinajstić information content (AvgIpc) is 3.27. The van der Waals surface area contributed by atoms with Gasteiger partial charge in [-0.2, -0.15) is 0 Å². The minimum Gasteiger partial charge on any atom is -0.355 e. The van der Waals surface area contributed by atoms with Crippen LogP contribution in [0.5, 0.6) is 0 Å². The summed E-state index contributed by atoms with van der Waals surface area (Å²) in [6.07, 6.45) is 0. The van der Waals surface area contributed by atoms with Gasteiger partial charge in [-0.25, -0.2) is 0 Å². The summed E-state index contributed by atoms with van der Waals surface area (Å²) in [5.74, 6) is 0. The van der Waals surface area contributed by atoms with Gasteiger partial charge in [-0.05, 0) is 59.2 Å². The van der Waals surface area contributed by atoms with Crippen LogP contribution < -0.4 is 4.90 Å². The van der Waals surface area contributed by atoms with Crippen molar-refractivity contribution in [2.45, 2.75) is 0 Å². The van der Waals surface area contributed by atoms with E-state index in [0.29, 0.717) is 0 Å². The Hall–Kier alpha value is -4.30. The van der Waals surface area contributed by atoms with Crippen LogP contribution >= 0.6 is 0 Å². The Balaban J connectivity index is 1.51. The second kappa shape index (κ2) is 7.99. The molecule has 2 nitrogen and oxygen atoms in total. The fourth-order valence-electron chi connectivity index (χ4n) is 4.68. The molecule has 0 aliphatic heterocycles. The molecule has 0 saturated heterocycles. The molecule has 0 bridgehead atoms. The first-order valence-electron chi connectivity index (χ1n) is 11.3. The molecule has 0 spiro atoms. The molecule has 33 heavy (non-hydrogen) atoms. The van der Waals surface area contributed by atoms with Crippen LogP contribution in [0.4, 0.5) is 11.4 Å². The summed E-state index contributed by atoms with van der Waals surface area (Å²) in [6, 6.07) is 43.2. The molecule has 0 saturated carbocycles. The van der Waals surface area contributed by atoms with Crippen molar-refractivity contribution in [1.29, 1.82) is 0 Å². The number of H-pyrrole nitrogens is 1. The smallest absolute Gasteiger partial charge is 0.0488 e. The maximum Gasteiger partial charge on any atom is 0.0488 e. The van der Waals surface area contributed by atoms with Crippen molar-refractivity contribution in [2.75, 3.05) is 11.9 Å². The van der Waals surface area contributed by atoms with Gasteiger partial charge in [0.2, 0.25) is 0 Å². The second-order valence-corrected chi connectivity index (χ2v) is 8.42. The average molecular weight is 425 g/mol. The number of hydrogen-bond donors (Lipinski definition) is 1. The zero-order chi connectivity index (χ0) is 22.2. The molecule has 0 radical (unpaired) electrons. The van der Waals surface area contributed by atoms with Gasteiger partial charge >= 0.3 is 0 Å². The molecule has 0 unspecified atom stereocenters. The highest BCUT2D eigenvalue weighted by molar-refractivity contribution is 6.08. The van der Waals surface area contributed by atoms with E-state index in [1.54, 1.807) is 0 Å². The van der Waals surface area contributed by atoms with Crippen LogP contribution in [0.2, 0.25) is 0 Å². The predicted octanol–water partition coefficient (Wildman–Crippen LogP) is 8.42. The quantitative estimate of drug-likeness (QED) is 0.301. The zero-order valence-electron chi connectivity index (χ0n) is 18.5. The van der Waals surface area contributed by atoms with Crippen molar-refractivity contribution in [3.63, 3.8) is 0 Å². The van der Waals surface area contributed by atoms with Crippen LogP contribution in [0.3, 0.4) is 0 Å². The fourth-order valence-corrected chi connectivity index (χ4v) is 4.68. The first kappa shape index (κ1) is 19.4. The van der Waals surface area contributed by atoms with E-state index in [1.165, 1.54) is 55.4 Å². The Labute approximate surface area is 193 Å². The first-order chi connectivity index (χ1) is 16.3. The van der Waals surface area contributed by atoms with Gasteiger partial charge in [-0.3, -0.25) is 0 Å². The molecule has 6 aromatic rings. The number of aromatic amines is 1. The molecule has 0 amide bonds. The van der Waals surface area contributed by atoms with Crippen molar-refractivity contribution in [3.05, 3.63) is 121 Å². The molecule has 158 valence electrons. The van der Waals surface area contributed by atoms with E-state index >= 15 is 0 Å². The molecular formula is C31H24N2. The molecule has 0 aliphatic rings. The number of fused-ring (bicyclic) bond motifs is 3. The van der Waals surface area contributed by atoms with Crippen molar-refractivity contribution in [1.82, 2.24) is 4.98 Å². The summed E-state index contributed by atoms with van der Waals surface area (Å²) in [7, 11) is 2.13. The molecule has 1 aromatic heterocycles. The van der Waals surface area contributed by atoms with Gasteiger partial charge in [0.05, 0.1) is 0 Å².